The maximum absolute atomic E-state index is 11.2. The lowest BCUT2D eigenvalue weighted by molar-refractivity contribution is -0.143. The summed E-state index contributed by atoms with van der Waals surface area (Å²) >= 11 is 0. The van der Waals surface area contributed by atoms with E-state index in [1.54, 1.807) is 0 Å². The largest absolute Gasteiger partial charge is 0.403 e. The maximum Gasteiger partial charge on any atom is 0.403 e. The molecule has 52 valence electrons. The van der Waals surface area contributed by atoms with E-state index >= 15 is 0 Å². The van der Waals surface area contributed by atoms with Gasteiger partial charge in [-0.2, -0.15) is 13.2 Å². The summed E-state index contributed by atoms with van der Waals surface area (Å²) in [4.78, 5) is 0. The Bertz CT molecular complexity index is 74.0. The van der Waals surface area contributed by atoms with Crippen LogP contribution in [-0.4, -0.2) is 12.2 Å². The molecule has 2 N–H and O–H groups in total. The molecule has 0 heterocycles. The monoisotopic (exact) mass is 150 g/mol. The average molecular weight is 151 g/mol. The molecule has 0 aliphatic heterocycles. The molecule has 0 spiro atoms. The van der Waals surface area contributed by atoms with E-state index in [-0.39, 0.29) is 12.4 Å². The molecule has 0 saturated carbocycles. The highest BCUT2D eigenvalue weighted by molar-refractivity contribution is 5.85. The molecule has 1 atom stereocenters. The second-order valence-electron chi connectivity index (χ2n) is 1.18. The predicted molar refractivity (Wildman–Crippen MR) is 27.0 cm³/mol. The molecule has 0 saturated heterocycles. The van der Waals surface area contributed by atoms with E-state index in [9.17, 15) is 13.2 Å². The molecule has 0 amide bonds. The normalized spacial score (nSPS) is 20.4. The Hall–Kier alpha value is 0.0400. The first-order valence-corrected chi connectivity index (χ1v) is 1.61. The van der Waals surface area contributed by atoms with Crippen molar-refractivity contribution in [2.45, 2.75) is 19.1 Å². The summed E-state index contributed by atoms with van der Waals surface area (Å²) in [7, 11) is 0. The minimum atomic E-state index is -4.62. The van der Waals surface area contributed by atoms with E-state index in [4.69, 9.17) is 1.37 Å². The Morgan fingerprint density at radius 1 is 1.62 bits per heavy atom. The molecule has 0 aromatic heterocycles. The van der Waals surface area contributed by atoms with Gasteiger partial charge in [-0.1, -0.05) is 0 Å². The number of rotatable bonds is 0. The van der Waals surface area contributed by atoms with Crippen LogP contribution in [0.2, 0.25) is 0 Å². The molecule has 5 heteroatoms. The molecule has 0 aliphatic carbocycles. The molecule has 0 unspecified atom stereocenters. The molecule has 0 aromatic carbocycles. The molecule has 0 bridgehead atoms. The zero-order chi connectivity index (χ0) is 7.00. The fraction of sp³-hybridized carbons (Fsp3) is 1.00. The Labute approximate surface area is 52.9 Å². The van der Waals surface area contributed by atoms with Crippen molar-refractivity contribution in [3.05, 3.63) is 0 Å². The van der Waals surface area contributed by atoms with Gasteiger partial charge in [0, 0.05) is 0 Å². The Kier molecular flexibility index (Phi) is 3.16. The first kappa shape index (κ1) is 8.04. The summed E-state index contributed by atoms with van der Waals surface area (Å²) in [5.74, 6) is 0. The Morgan fingerprint density at radius 3 is 1.75 bits per heavy atom. The third-order valence-electron chi connectivity index (χ3n) is 0.447. The number of halogens is 4. The van der Waals surface area contributed by atoms with Gasteiger partial charge in [0.2, 0.25) is 0 Å². The van der Waals surface area contributed by atoms with Crippen molar-refractivity contribution in [2.24, 2.45) is 5.73 Å². The predicted octanol–water partition coefficient (Wildman–Crippen LogP) is 1.32. The molecule has 0 fully saturated rings. The van der Waals surface area contributed by atoms with Crippen LogP contribution in [-0.2, 0) is 0 Å². The fourth-order valence-electron chi connectivity index (χ4n) is 0. The van der Waals surface area contributed by atoms with Crippen molar-refractivity contribution in [2.75, 3.05) is 0 Å². The molecular weight excluding hydrogens is 142 g/mol. The lowest BCUT2D eigenvalue weighted by Crippen LogP contribution is -2.33. The number of nitrogens with two attached hydrogens (primary N) is 1. The van der Waals surface area contributed by atoms with Crippen LogP contribution in [0.15, 0.2) is 0 Å². The zero-order valence-corrected chi connectivity index (χ0v) is 4.94. The van der Waals surface area contributed by atoms with Gasteiger partial charge in [0.1, 0.15) is 0 Å². The van der Waals surface area contributed by atoms with Crippen LogP contribution in [0.4, 0.5) is 13.2 Å². The van der Waals surface area contributed by atoms with Gasteiger partial charge in [-0.05, 0) is 6.92 Å². The van der Waals surface area contributed by atoms with E-state index < -0.39 is 12.2 Å². The SMILES string of the molecule is Cl.[2H][C@@](C)(N)C(F)(F)F. The molecule has 0 rings (SSSR count). The van der Waals surface area contributed by atoms with Gasteiger partial charge in [-0.15, -0.1) is 12.4 Å². The van der Waals surface area contributed by atoms with Crippen LogP contribution in [0.25, 0.3) is 0 Å². The van der Waals surface area contributed by atoms with Crippen molar-refractivity contribution in [1.82, 2.24) is 0 Å². The summed E-state index contributed by atoms with van der Waals surface area (Å²) in [6, 6.07) is -2.81. The van der Waals surface area contributed by atoms with Crippen molar-refractivity contribution in [3.8, 4) is 0 Å². The Morgan fingerprint density at radius 2 is 1.75 bits per heavy atom. The first-order valence-electron chi connectivity index (χ1n) is 2.11. The lowest BCUT2D eigenvalue weighted by atomic mass is 10.4. The number of hydrogen-bond acceptors (Lipinski definition) is 1. The second kappa shape index (κ2) is 3.14. The van der Waals surface area contributed by atoms with Crippen LogP contribution in [0.3, 0.4) is 0 Å². The van der Waals surface area contributed by atoms with Gasteiger partial charge < -0.3 is 5.73 Å². The molecule has 0 aliphatic rings. The van der Waals surface area contributed by atoms with E-state index in [2.05, 4.69) is 5.73 Å². The maximum atomic E-state index is 11.2. The Balaban J connectivity index is 0. The standard InChI is InChI=1S/C3H6F3N.ClH/c1-2(7)3(4,5)6;/h2H,7H2,1H3;1H/t2-;/m0./s1/i2D;. The summed E-state index contributed by atoms with van der Waals surface area (Å²) in [5, 5.41) is 0. The third-order valence-corrected chi connectivity index (χ3v) is 0.447. The van der Waals surface area contributed by atoms with Crippen LogP contribution < -0.4 is 5.73 Å². The molecular formula is C3H7ClF3N. The minimum Gasteiger partial charge on any atom is -0.320 e. The van der Waals surface area contributed by atoms with Crippen molar-refractivity contribution in [3.63, 3.8) is 0 Å². The van der Waals surface area contributed by atoms with Crippen LogP contribution in [0.1, 0.15) is 8.29 Å². The second-order valence-corrected chi connectivity index (χ2v) is 1.18. The van der Waals surface area contributed by atoms with E-state index in [1.807, 2.05) is 0 Å². The third kappa shape index (κ3) is 4.21. The smallest absolute Gasteiger partial charge is 0.320 e. The molecule has 0 radical (unpaired) electrons. The highest BCUT2D eigenvalue weighted by Gasteiger charge is 2.32. The van der Waals surface area contributed by atoms with E-state index in [0.29, 0.717) is 6.92 Å². The van der Waals surface area contributed by atoms with Gasteiger partial charge in [0.25, 0.3) is 0 Å². The summed E-state index contributed by atoms with van der Waals surface area (Å²) in [6.45, 7) is 0.590. The highest BCUT2D eigenvalue weighted by atomic mass is 35.5. The molecule has 8 heavy (non-hydrogen) atoms. The van der Waals surface area contributed by atoms with Crippen LogP contribution in [0, 0.1) is 0 Å². The van der Waals surface area contributed by atoms with Gasteiger partial charge in [0.05, 0.1) is 7.39 Å². The fourth-order valence-corrected chi connectivity index (χ4v) is 0. The summed E-state index contributed by atoms with van der Waals surface area (Å²) in [5.41, 5.74) is 4.35. The van der Waals surface area contributed by atoms with Crippen LogP contribution in [0.5, 0.6) is 0 Å². The lowest BCUT2D eigenvalue weighted by Gasteiger charge is -2.07. The van der Waals surface area contributed by atoms with Gasteiger partial charge in [0.15, 0.2) is 0 Å². The topological polar surface area (TPSA) is 26.0 Å². The van der Waals surface area contributed by atoms with Crippen LogP contribution >= 0.6 is 12.4 Å². The van der Waals surface area contributed by atoms with E-state index in [0.717, 1.165) is 0 Å². The summed E-state index contributed by atoms with van der Waals surface area (Å²) in [6.07, 6.45) is -4.62. The van der Waals surface area contributed by atoms with Gasteiger partial charge >= 0.3 is 6.18 Å². The van der Waals surface area contributed by atoms with E-state index in [1.165, 1.54) is 0 Å². The quantitative estimate of drug-likeness (QED) is 0.554. The zero-order valence-electron chi connectivity index (χ0n) is 5.12. The minimum absolute atomic E-state index is 0. The summed E-state index contributed by atoms with van der Waals surface area (Å²) < 4.78 is 40.0. The number of alkyl halides is 3. The molecule has 0 aromatic rings. The first-order chi connectivity index (χ1) is 3.25. The van der Waals surface area contributed by atoms with Gasteiger partial charge in [-0.3, -0.25) is 0 Å². The van der Waals surface area contributed by atoms with Crippen molar-refractivity contribution in [1.29, 1.82) is 0 Å². The molecule has 1 nitrogen and oxygen atoms in total. The van der Waals surface area contributed by atoms with Crippen molar-refractivity contribution >= 4 is 12.4 Å². The van der Waals surface area contributed by atoms with Gasteiger partial charge in [-0.25, -0.2) is 0 Å². The average Bonchev–Trinajstić information content (AvgIpc) is 1.25. The highest BCUT2D eigenvalue weighted by Crippen LogP contribution is 2.16. The number of hydrogen-bond donors (Lipinski definition) is 1. The van der Waals surface area contributed by atoms with Crippen molar-refractivity contribution < 1.29 is 14.5 Å².